The van der Waals surface area contributed by atoms with Gasteiger partial charge in [-0.15, -0.1) is 0 Å². The molecule has 3 aromatic rings. The number of amides is 1. The number of carbonyl (C=O) groups is 2. The maximum Gasteiger partial charge on any atom is 0.408 e. The molecule has 0 aromatic carbocycles. The molecule has 3 aromatic heterocycles. The number of methoxy groups -OCH3 is 1. The van der Waals surface area contributed by atoms with Crippen molar-refractivity contribution < 1.29 is 28.3 Å². The SMILES string of the molecule is COc1ncccc1-c1cn(COCC[Si](C)(C)C)c([C@H](CC=CCCC(=O)c2ccon2)NC(=O)OC(C)(C)C)n1. The van der Waals surface area contributed by atoms with Crippen molar-refractivity contribution in [1.29, 1.82) is 0 Å². The van der Waals surface area contributed by atoms with Crippen LogP contribution in [-0.4, -0.2) is 59.0 Å². The van der Waals surface area contributed by atoms with Gasteiger partial charge in [0.25, 0.3) is 0 Å². The van der Waals surface area contributed by atoms with Gasteiger partial charge < -0.3 is 28.6 Å². The van der Waals surface area contributed by atoms with Crippen LogP contribution in [0.25, 0.3) is 11.3 Å². The van der Waals surface area contributed by atoms with E-state index >= 15 is 0 Å². The van der Waals surface area contributed by atoms with E-state index in [0.29, 0.717) is 42.5 Å². The standard InChI is InChI=1S/C30H43N5O6Si/c1-30(2,3)41-29(37)33-24(13-9-8-10-14-26(36)23-15-17-40-34-23)27-32-25(22-12-11-16-31-28(22)38-4)20-35(27)21-39-18-19-42(5,6)7/h8-9,11-12,15-17,20,24H,10,13-14,18-19,21H2,1-7H3,(H,33,37)/t24-/m0/s1. The summed E-state index contributed by atoms with van der Waals surface area (Å²) in [5.74, 6) is 0.942. The average Bonchev–Trinajstić information content (AvgIpc) is 3.59. The summed E-state index contributed by atoms with van der Waals surface area (Å²) in [5, 5.41) is 6.67. The van der Waals surface area contributed by atoms with Gasteiger partial charge in [0.2, 0.25) is 5.88 Å². The predicted octanol–water partition coefficient (Wildman–Crippen LogP) is 6.43. The summed E-state index contributed by atoms with van der Waals surface area (Å²) in [6, 6.07) is 5.74. The van der Waals surface area contributed by atoms with E-state index in [1.165, 1.54) is 6.26 Å². The highest BCUT2D eigenvalue weighted by Gasteiger charge is 2.25. The molecule has 0 aliphatic carbocycles. The highest BCUT2D eigenvalue weighted by Crippen LogP contribution is 2.29. The topological polar surface area (TPSA) is 131 Å². The first-order valence-corrected chi connectivity index (χ1v) is 17.8. The van der Waals surface area contributed by atoms with E-state index in [4.69, 9.17) is 23.7 Å². The fraction of sp³-hybridized carbons (Fsp3) is 0.500. The number of ketones is 1. The predicted molar refractivity (Wildman–Crippen MR) is 162 cm³/mol. The molecule has 1 amide bonds. The second kappa shape index (κ2) is 14.9. The maximum absolute atomic E-state index is 12.9. The number of nitrogens with one attached hydrogen (secondary N) is 1. The van der Waals surface area contributed by atoms with Gasteiger partial charge in [0.1, 0.15) is 30.1 Å². The van der Waals surface area contributed by atoms with E-state index in [1.54, 1.807) is 19.4 Å². The number of carbonyl (C=O) groups excluding carboxylic acids is 2. The summed E-state index contributed by atoms with van der Waals surface area (Å²) < 4.78 is 23.8. The lowest BCUT2D eigenvalue weighted by atomic mass is 10.1. The largest absolute Gasteiger partial charge is 0.481 e. The maximum atomic E-state index is 12.9. The molecule has 0 radical (unpaired) electrons. The minimum absolute atomic E-state index is 0.0992. The molecular weight excluding hydrogens is 554 g/mol. The summed E-state index contributed by atoms with van der Waals surface area (Å²) in [7, 11) is 0.287. The van der Waals surface area contributed by atoms with Crippen molar-refractivity contribution in [2.24, 2.45) is 0 Å². The molecule has 0 saturated heterocycles. The lowest BCUT2D eigenvalue weighted by Crippen LogP contribution is -2.36. The normalized spacial score (nSPS) is 12.8. The van der Waals surface area contributed by atoms with Crippen molar-refractivity contribution in [2.75, 3.05) is 13.7 Å². The van der Waals surface area contributed by atoms with Crippen molar-refractivity contribution >= 4 is 20.0 Å². The quantitative estimate of drug-likeness (QED) is 0.0911. The summed E-state index contributed by atoms with van der Waals surface area (Å²) in [6.07, 6.45) is 9.40. The second-order valence-corrected chi connectivity index (χ2v) is 17.7. The first-order valence-electron chi connectivity index (χ1n) is 14.1. The molecule has 11 nitrogen and oxygen atoms in total. The van der Waals surface area contributed by atoms with Crippen LogP contribution in [-0.2, 0) is 16.2 Å². The molecule has 0 spiro atoms. The lowest BCUT2D eigenvalue weighted by molar-refractivity contribution is 0.0492. The van der Waals surface area contributed by atoms with Crippen LogP contribution < -0.4 is 10.1 Å². The molecule has 42 heavy (non-hydrogen) atoms. The van der Waals surface area contributed by atoms with E-state index in [-0.39, 0.29) is 18.9 Å². The summed E-state index contributed by atoms with van der Waals surface area (Å²) >= 11 is 0. The lowest BCUT2D eigenvalue weighted by Gasteiger charge is -2.23. The third-order valence-electron chi connectivity index (χ3n) is 6.08. The monoisotopic (exact) mass is 597 g/mol. The van der Waals surface area contributed by atoms with Gasteiger partial charge in [0.15, 0.2) is 5.78 Å². The van der Waals surface area contributed by atoms with E-state index in [0.717, 1.165) is 11.6 Å². The summed E-state index contributed by atoms with van der Waals surface area (Å²) in [5.41, 5.74) is 1.000. The van der Waals surface area contributed by atoms with E-state index in [9.17, 15) is 9.59 Å². The van der Waals surface area contributed by atoms with Gasteiger partial charge in [-0.2, -0.15) is 0 Å². The van der Waals surface area contributed by atoms with Crippen molar-refractivity contribution in [3.63, 3.8) is 0 Å². The van der Waals surface area contributed by atoms with Crippen molar-refractivity contribution in [3.05, 3.63) is 60.5 Å². The number of hydrogen-bond acceptors (Lipinski definition) is 9. The molecule has 0 fully saturated rings. The third kappa shape index (κ3) is 10.6. The Hall–Kier alpha value is -3.77. The van der Waals surface area contributed by atoms with E-state index in [2.05, 4.69) is 35.1 Å². The number of allylic oxidation sites excluding steroid dienone is 1. The number of hydrogen-bond donors (Lipinski definition) is 1. The first kappa shape index (κ1) is 32.7. The van der Waals surface area contributed by atoms with Crippen LogP contribution in [0.3, 0.4) is 0 Å². The Balaban J connectivity index is 1.87. The zero-order chi connectivity index (χ0) is 30.8. The molecular formula is C30H43N5O6Si. The van der Waals surface area contributed by atoms with Gasteiger partial charge in [-0.1, -0.05) is 36.9 Å². The number of imidazole rings is 1. The fourth-order valence-electron chi connectivity index (χ4n) is 3.96. The summed E-state index contributed by atoms with van der Waals surface area (Å²) in [6.45, 7) is 13.2. The Kier molecular flexibility index (Phi) is 11.6. The molecule has 1 atom stereocenters. The van der Waals surface area contributed by atoms with Crippen LogP contribution in [0.4, 0.5) is 4.79 Å². The molecule has 3 rings (SSSR count). The van der Waals surface area contributed by atoms with Crippen LogP contribution >= 0.6 is 0 Å². The van der Waals surface area contributed by atoms with Crippen LogP contribution in [0.15, 0.2) is 53.5 Å². The van der Waals surface area contributed by atoms with Gasteiger partial charge in [-0.3, -0.25) is 4.79 Å². The Morgan fingerprint density at radius 2 is 1.98 bits per heavy atom. The number of nitrogens with zero attached hydrogens (tertiary/aromatic N) is 4. The highest BCUT2D eigenvalue weighted by atomic mass is 28.3. The van der Waals surface area contributed by atoms with E-state index in [1.807, 2.05) is 55.8 Å². The number of Topliss-reactive ketones (excluding diaryl/α,β-unsaturated/α-hetero) is 1. The molecule has 0 bridgehead atoms. The fourth-order valence-corrected chi connectivity index (χ4v) is 4.72. The number of aromatic nitrogens is 4. The molecule has 0 aliphatic heterocycles. The van der Waals surface area contributed by atoms with Crippen LogP contribution in [0.5, 0.6) is 5.88 Å². The van der Waals surface area contributed by atoms with Gasteiger partial charge in [0.05, 0.1) is 24.4 Å². The molecule has 0 saturated carbocycles. The number of rotatable bonds is 15. The van der Waals surface area contributed by atoms with Crippen LogP contribution in [0.2, 0.25) is 25.7 Å². The molecule has 12 heteroatoms. The Labute approximate surface area is 248 Å². The second-order valence-electron chi connectivity index (χ2n) is 12.1. The Bertz CT molecular complexity index is 1320. The molecule has 0 aliphatic rings. The van der Waals surface area contributed by atoms with Gasteiger partial charge in [-0.05, 0) is 51.8 Å². The van der Waals surface area contributed by atoms with Crippen molar-refractivity contribution in [2.45, 2.75) is 84.1 Å². The van der Waals surface area contributed by atoms with Gasteiger partial charge in [0, 0.05) is 39.6 Å². The third-order valence-corrected chi connectivity index (χ3v) is 7.78. The van der Waals surface area contributed by atoms with Gasteiger partial charge >= 0.3 is 6.09 Å². The molecule has 0 unspecified atom stereocenters. The first-order chi connectivity index (χ1) is 19.9. The molecule has 228 valence electrons. The highest BCUT2D eigenvalue weighted by molar-refractivity contribution is 6.76. The zero-order valence-electron chi connectivity index (χ0n) is 25.7. The van der Waals surface area contributed by atoms with Gasteiger partial charge in [-0.25, -0.2) is 14.8 Å². The number of pyridine rings is 1. The van der Waals surface area contributed by atoms with Crippen LogP contribution in [0, 0.1) is 0 Å². The minimum atomic E-state index is -1.28. The summed E-state index contributed by atoms with van der Waals surface area (Å²) in [4.78, 5) is 34.4. The average molecular weight is 598 g/mol. The Morgan fingerprint density at radius 1 is 1.19 bits per heavy atom. The Morgan fingerprint density at radius 3 is 2.64 bits per heavy atom. The number of alkyl carbamates (subject to hydrolysis) is 1. The van der Waals surface area contributed by atoms with Crippen LogP contribution in [0.1, 0.15) is 62.4 Å². The smallest absolute Gasteiger partial charge is 0.408 e. The molecule has 3 heterocycles. The van der Waals surface area contributed by atoms with Crippen molar-refractivity contribution in [1.82, 2.24) is 25.0 Å². The zero-order valence-corrected chi connectivity index (χ0v) is 26.7. The minimum Gasteiger partial charge on any atom is -0.481 e. The molecule has 1 N–H and O–H groups in total. The van der Waals surface area contributed by atoms with E-state index < -0.39 is 25.8 Å². The number of ether oxygens (including phenoxy) is 3. The van der Waals surface area contributed by atoms with Crippen molar-refractivity contribution in [3.8, 4) is 17.1 Å².